The number of hydrogen-bond acceptors (Lipinski definition) is 4. The number of hydrogen-bond donors (Lipinski definition) is 1. The largest absolute Gasteiger partial charge is 0.279 e. The lowest BCUT2D eigenvalue weighted by Gasteiger charge is -2.14. The standard InChI is InChI=1S/C15H17NO4S2/c1-11-7-6-8-13(12(11)2)16-22(19,20)15-10-5-4-9-14(15)21(3,17)18/h4-10,16H,1-3H3. The molecule has 0 spiro atoms. The maximum absolute atomic E-state index is 12.6. The van der Waals surface area contributed by atoms with Gasteiger partial charge in [0.15, 0.2) is 9.84 Å². The van der Waals surface area contributed by atoms with E-state index in [9.17, 15) is 16.8 Å². The molecule has 0 amide bonds. The van der Waals surface area contributed by atoms with Gasteiger partial charge in [0.05, 0.1) is 10.6 Å². The van der Waals surface area contributed by atoms with Crippen LogP contribution in [0.4, 0.5) is 5.69 Å². The van der Waals surface area contributed by atoms with E-state index in [1.165, 1.54) is 24.3 Å². The lowest BCUT2D eigenvalue weighted by atomic mass is 10.1. The van der Waals surface area contributed by atoms with Crippen molar-refractivity contribution in [2.75, 3.05) is 11.0 Å². The molecule has 0 aliphatic heterocycles. The van der Waals surface area contributed by atoms with Crippen LogP contribution in [0.1, 0.15) is 11.1 Å². The third-order valence-electron chi connectivity index (χ3n) is 3.39. The normalized spacial score (nSPS) is 12.1. The van der Waals surface area contributed by atoms with Crippen molar-refractivity contribution in [3.63, 3.8) is 0 Å². The summed E-state index contributed by atoms with van der Waals surface area (Å²) in [5, 5.41) is 0. The first-order valence-corrected chi connectivity index (χ1v) is 9.88. The molecule has 2 rings (SSSR count). The zero-order valence-corrected chi connectivity index (χ0v) is 14.1. The van der Waals surface area contributed by atoms with Crippen molar-refractivity contribution in [3.8, 4) is 0 Å². The summed E-state index contributed by atoms with van der Waals surface area (Å²) in [6.07, 6.45) is 0.985. The number of benzene rings is 2. The van der Waals surface area contributed by atoms with Crippen LogP contribution in [-0.4, -0.2) is 23.1 Å². The second-order valence-electron chi connectivity index (χ2n) is 5.07. The van der Waals surface area contributed by atoms with E-state index >= 15 is 0 Å². The second kappa shape index (κ2) is 5.73. The molecule has 0 heterocycles. The third kappa shape index (κ3) is 3.31. The molecule has 0 saturated carbocycles. The number of anilines is 1. The quantitative estimate of drug-likeness (QED) is 0.928. The summed E-state index contributed by atoms with van der Waals surface area (Å²) in [5.41, 5.74) is 2.17. The minimum atomic E-state index is -4.00. The molecule has 2 aromatic rings. The van der Waals surface area contributed by atoms with Gasteiger partial charge < -0.3 is 0 Å². The lowest BCUT2D eigenvalue weighted by molar-refractivity contribution is 0.588. The van der Waals surface area contributed by atoms with Crippen molar-refractivity contribution in [2.45, 2.75) is 23.6 Å². The number of aryl methyl sites for hydroxylation is 1. The van der Waals surface area contributed by atoms with Gasteiger partial charge in [-0.15, -0.1) is 0 Å². The first-order chi connectivity index (χ1) is 10.1. The van der Waals surface area contributed by atoms with E-state index in [0.29, 0.717) is 5.69 Å². The Morgan fingerprint density at radius 3 is 2.00 bits per heavy atom. The minimum Gasteiger partial charge on any atom is -0.279 e. The van der Waals surface area contributed by atoms with Gasteiger partial charge in [0.25, 0.3) is 10.0 Å². The molecule has 7 heteroatoms. The average molecular weight is 339 g/mol. The Morgan fingerprint density at radius 1 is 0.818 bits per heavy atom. The van der Waals surface area contributed by atoms with Gasteiger partial charge >= 0.3 is 0 Å². The van der Waals surface area contributed by atoms with Crippen molar-refractivity contribution in [3.05, 3.63) is 53.6 Å². The molecule has 1 N–H and O–H groups in total. The van der Waals surface area contributed by atoms with E-state index in [2.05, 4.69) is 4.72 Å². The molecular weight excluding hydrogens is 322 g/mol. The van der Waals surface area contributed by atoms with Crippen LogP contribution in [0.25, 0.3) is 0 Å². The lowest BCUT2D eigenvalue weighted by Crippen LogP contribution is -2.17. The molecule has 2 aromatic carbocycles. The van der Waals surface area contributed by atoms with Gasteiger partial charge in [0.2, 0.25) is 0 Å². The molecule has 5 nitrogen and oxygen atoms in total. The summed E-state index contributed by atoms with van der Waals surface area (Å²) in [6, 6.07) is 10.8. The van der Waals surface area contributed by atoms with Crippen molar-refractivity contribution in [1.82, 2.24) is 0 Å². The van der Waals surface area contributed by atoms with Gasteiger partial charge in [-0.1, -0.05) is 24.3 Å². The first-order valence-electron chi connectivity index (χ1n) is 6.51. The average Bonchev–Trinajstić information content (AvgIpc) is 2.43. The Kier molecular flexibility index (Phi) is 4.30. The Balaban J connectivity index is 2.56. The summed E-state index contributed by atoms with van der Waals surface area (Å²) in [5.74, 6) is 0. The molecule has 0 bridgehead atoms. The summed E-state index contributed by atoms with van der Waals surface area (Å²) in [7, 11) is -7.64. The maximum atomic E-state index is 12.6. The Hall–Kier alpha value is -1.86. The smallest absolute Gasteiger partial charge is 0.263 e. The Labute approximate surface area is 131 Å². The highest BCUT2D eigenvalue weighted by atomic mass is 32.2. The first kappa shape index (κ1) is 16.5. The number of nitrogens with one attached hydrogen (secondary N) is 1. The zero-order valence-electron chi connectivity index (χ0n) is 12.5. The van der Waals surface area contributed by atoms with Crippen molar-refractivity contribution >= 4 is 25.5 Å². The third-order valence-corrected chi connectivity index (χ3v) is 6.09. The predicted octanol–water partition coefficient (Wildman–Crippen LogP) is 2.51. The van der Waals surface area contributed by atoms with E-state index in [-0.39, 0.29) is 9.79 Å². The fraction of sp³-hybridized carbons (Fsp3) is 0.200. The highest BCUT2D eigenvalue weighted by molar-refractivity contribution is 7.95. The van der Waals surface area contributed by atoms with Crippen molar-refractivity contribution in [1.29, 1.82) is 0 Å². The molecular formula is C15H17NO4S2. The van der Waals surface area contributed by atoms with Crippen LogP contribution in [0.3, 0.4) is 0 Å². The number of sulfone groups is 1. The minimum absolute atomic E-state index is 0.215. The van der Waals surface area contributed by atoms with Crippen LogP contribution in [0.2, 0.25) is 0 Å². The van der Waals surface area contributed by atoms with Crippen LogP contribution in [-0.2, 0) is 19.9 Å². The monoisotopic (exact) mass is 339 g/mol. The molecule has 0 aliphatic carbocycles. The van der Waals surface area contributed by atoms with E-state index in [4.69, 9.17) is 0 Å². The fourth-order valence-corrected chi connectivity index (χ4v) is 4.79. The van der Waals surface area contributed by atoms with E-state index in [1.54, 1.807) is 19.1 Å². The fourth-order valence-electron chi connectivity index (χ4n) is 2.04. The van der Waals surface area contributed by atoms with Gasteiger partial charge in [-0.25, -0.2) is 16.8 Å². The zero-order chi connectivity index (χ0) is 16.5. The Bertz CT molecular complexity index is 916. The highest BCUT2D eigenvalue weighted by Crippen LogP contribution is 2.25. The van der Waals surface area contributed by atoms with Gasteiger partial charge in [-0.2, -0.15) is 0 Å². The number of rotatable bonds is 4. The molecule has 0 fully saturated rings. The molecule has 0 radical (unpaired) electrons. The van der Waals surface area contributed by atoms with Gasteiger partial charge in [0.1, 0.15) is 4.90 Å². The molecule has 22 heavy (non-hydrogen) atoms. The van der Waals surface area contributed by atoms with Crippen LogP contribution in [0.15, 0.2) is 52.3 Å². The highest BCUT2D eigenvalue weighted by Gasteiger charge is 2.24. The van der Waals surface area contributed by atoms with E-state index in [0.717, 1.165) is 17.4 Å². The van der Waals surface area contributed by atoms with Gasteiger partial charge in [0, 0.05) is 6.26 Å². The molecule has 0 aliphatic rings. The summed E-state index contributed by atoms with van der Waals surface area (Å²) in [6.45, 7) is 3.67. The van der Waals surface area contributed by atoms with Crippen molar-refractivity contribution in [2.24, 2.45) is 0 Å². The maximum Gasteiger partial charge on any atom is 0.263 e. The van der Waals surface area contributed by atoms with E-state index < -0.39 is 19.9 Å². The van der Waals surface area contributed by atoms with Gasteiger partial charge in [-0.3, -0.25) is 4.72 Å². The van der Waals surface area contributed by atoms with Crippen molar-refractivity contribution < 1.29 is 16.8 Å². The van der Waals surface area contributed by atoms with Gasteiger partial charge in [-0.05, 0) is 43.2 Å². The SMILES string of the molecule is Cc1cccc(NS(=O)(=O)c2ccccc2S(C)(=O)=O)c1C. The molecule has 0 atom stereocenters. The Morgan fingerprint density at radius 2 is 1.41 bits per heavy atom. The molecule has 0 unspecified atom stereocenters. The number of sulfonamides is 1. The van der Waals surface area contributed by atoms with Crippen LogP contribution < -0.4 is 4.72 Å². The topological polar surface area (TPSA) is 80.3 Å². The predicted molar refractivity (Wildman–Crippen MR) is 86.3 cm³/mol. The summed E-state index contributed by atoms with van der Waals surface area (Å²) < 4.78 is 51.1. The molecule has 118 valence electrons. The summed E-state index contributed by atoms with van der Waals surface area (Å²) in [4.78, 5) is -0.466. The van der Waals surface area contributed by atoms with Crippen LogP contribution in [0.5, 0.6) is 0 Å². The summed E-state index contributed by atoms with van der Waals surface area (Å²) >= 11 is 0. The molecule has 0 saturated heterocycles. The second-order valence-corrected chi connectivity index (χ2v) is 8.71. The van der Waals surface area contributed by atoms with Crippen LogP contribution in [0, 0.1) is 13.8 Å². The van der Waals surface area contributed by atoms with Crippen LogP contribution >= 0.6 is 0 Å². The molecule has 0 aromatic heterocycles. The van der Waals surface area contributed by atoms with E-state index in [1.807, 2.05) is 13.0 Å².